The van der Waals surface area contributed by atoms with Crippen LogP contribution < -0.4 is 5.73 Å². The minimum absolute atomic E-state index is 0. The van der Waals surface area contributed by atoms with Gasteiger partial charge in [0.2, 0.25) is 0 Å². The van der Waals surface area contributed by atoms with Crippen molar-refractivity contribution in [1.82, 2.24) is 0 Å². The molecule has 0 saturated heterocycles. The van der Waals surface area contributed by atoms with E-state index in [1.165, 1.54) is 19.3 Å². The summed E-state index contributed by atoms with van der Waals surface area (Å²) in [6.45, 7) is 16.8. The van der Waals surface area contributed by atoms with Crippen molar-refractivity contribution in [2.75, 3.05) is 6.54 Å². The maximum atomic E-state index is 6.00. The smallest absolute Gasteiger partial charge is 0.00407 e. The Morgan fingerprint density at radius 2 is 1.50 bits per heavy atom. The summed E-state index contributed by atoms with van der Waals surface area (Å²) in [5.74, 6) is 0.582. The van der Waals surface area contributed by atoms with Crippen LogP contribution in [0, 0.1) is 22.2 Å². The van der Waals surface area contributed by atoms with E-state index in [1.54, 1.807) is 0 Å². The molecule has 0 amide bonds. The molecule has 1 nitrogen and oxygen atoms in total. The highest BCUT2D eigenvalue weighted by Crippen LogP contribution is 2.57. The summed E-state index contributed by atoms with van der Waals surface area (Å²) in [5, 5.41) is 0. The van der Waals surface area contributed by atoms with Crippen LogP contribution in [0.3, 0.4) is 0 Å². The van der Waals surface area contributed by atoms with E-state index in [0.717, 1.165) is 13.0 Å². The van der Waals surface area contributed by atoms with Gasteiger partial charge in [0.15, 0.2) is 0 Å². The monoisotopic (exact) mass is 273 g/mol. The fourth-order valence-electron chi connectivity index (χ4n) is 4.82. The summed E-state index contributed by atoms with van der Waals surface area (Å²) < 4.78 is 0. The quantitative estimate of drug-likeness (QED) is 0.732. The molecule has 1 rings (SSSR count). The first-order valence-electron chi connectivity index (χ1n) is 6.95. The molecule has 108 valence electrons. The lowest BCUT2D eigenvalue weighted by molar-refractivity contribution is -0.0256. The first-order chi connectivity index (χ1) is 7.64. The molecular formula is C16H32ClN. The van der Waals surface area contributed by atoms with E-state index in [0.29, 0.717) is 22.2 Å². The molecule has 2 heteroatoms. The summed E-state index contributed by atoms with van der Waals surface area (Å²) in [6.07, 6.45) is 7.00. The topological polar surface area (TPSA) is 26.0 Å². The van der Waals surface area contributed by atoms with Crippen LogP contribution in [-0.4, -0.2) is 6.54 Å². The summed E-state index contributed by atoms with van der Waals surface area (Å²) in [5.41, 5.74) is 7.24. The highest BCUT2D eigenvalue weighted by atomic mass is 35.5. The molecule has 1 aliphatic carbocycles. The number of hydrogen-bond donors (Lipinski definition) is 1. The summed E-state index contributed by atoms with van der Waals surface area (Å²) in [6, 6.07) is 0. The van der Waals surface area contributed by atoms with E-state index in [4.69, 9.17) is 5.73 Å². The third-order valence-electron chi connectivity index (χ3n) is 4.44. The molecule has 0 aromatic carbocycles. The minimum atomic E-state index is 0. The van der Waals surface area contributed by atoms with Crippen LogP contribution in [0.5, 0.6) is 0 Å². The van der Waals surface area contributed by atoms with Crippen LogP contribution in [0.15, 0.2) is 12.7 Å². The average Bonchev–Trinajstić information content (AvgIpc) is 2.07. The van der Waals surface area contributed by atoms with Gasteiger partial charge in [-0.1, -0.05) is 40.7 Å². The van der Waals surface area contributed by atoms with E-state index in [1.807, 2.05) is 6.08 Å². The maximum absolute atomic E-state index is 6.00. The van der Waals surface area contributed by atoms with Crippen molar-refractivity contribution in [1.29, 1.82) is 0 Å². The van der Waals surface area contributed by atoms with Crippen molar-refractivity contribution in [3.63, 3.8) is 0 Å². The second-order valence-corrected chi connectivity index (χ2v) is 7.97. The van der Waals surface area contributed by atoms with E-state index < -0.39 is 0 Å². The van der Waals surface area contributed by atoms with Crippen LogP contribution >= 0.6 is 12.4 Å². The van der Waals surface area contributed by atoms with Crippen molar-refractivity contribution in [2.45, 2.75) is 60.3 Å². The molecule has 0 aromatic rings. The van der Waals surface area contributed by atoms with E-state index in [2.05, 4.69) is 41.2 Å². The van der Waals surface area contributed by atoms with Gasteiger partial charge in [-0.3, -0.25) is 0 Å². The van der Waals surface area contributed by atoms with Gasteiger partial charge in [-0.05, 0) is 54.4 Å². The standard InChI is InChI=1S/C16H31N.ClH/c1-7-8-13(9-17)16(6)11-14(2,3)10-15(4,5)12-16;/h7,13H,1,8-12,17H2,2-6H3;1H. The molecule has 0 aliphatic heterocycles. The number of rotatable bonds is 4. The molecule has 1 saturated carbocycles. The Labute approximate surface area is 120 Å². The van der Waals surface area contributed by atoms with E-state index in [-0.39, 0.29) is 12.4 Å². The zero-order chi connectivity index (χ0) is 13.3. The highest BCUT2D eigenvalue weighted by Gasteiger charge is 2.47. The summed E-state index contributed by atoms with van der Waals surface area (Å²) in [7, 11) is 0. The first kappa shape index (κ1) is 18.0. The lowest BCUT2D eigenvalue weighted by Gasteiger charge is -2.53. The van der Waals surface area contributed by atoms with Crippen molar-refractivity contribution in [3.8, 4) is 0 Å². The third-order valence-corrected chi connectivity index (χ3v) is 4.44. The molecule has 1 fully saturated rings. The maximum Gasteiger partial charge on any atom is -0.00407 e. The summed E-state index contributed by atoms with van der Waals surface area (Å²) >= 11 is 0. The zero-order valence-electron chi connectivity index (χ0n) is 12.9. The Hall–Kier alpha value is -0.0100. The van der Waals surface area contributed by atoms with Crippen LogP contribution in [0.4, 0.5) is 0 Å². The molecular weight excluding hydrogens is 242 g/mol. The lowest BCUT2D eigenvalue weighted by atomic mass is 9.52. The minimum Gasteiger partial charge on any atom is -0.330 e. The van der Waals surface area contributed by atoms with Crippen LogP contribution in [0.2, 0.25) is 0 Å². The normalized spacial score (nSPS) is 25.9. The average molecular weight is 274 g/mol. The number of nitrogens with two attached hydrogens (primary N) is 1. The predicted molar refractivity (Wildman–Crippen MR) is 84.1 cm³/mol. The van der Waals surface area contributed by atoms with Crippen molar-refractivity contribution in [2.24, 2.45) is 27.9 Å². The van der Waals surface area contributed by atoms with Gasteiger partial charge in [-0.25, -0.2) is 0 Å². The molecule has 1 aliphatic rings. The second-order valence-electron chi connectivity index (χ2n) is 7.97. The number of allylic oxidation sites excluding steroid dienone is 1. The Kier molecular flexibility index (Phi) is 5.96. The van der Waals surface area contributed by atoms with Gasteiger partial charge in [-0.2, -0.15) is 0 Å². The van der Waals surface area contributed by atoms with Crippen molar-refractivity contribution >= 4 is 12.4 Å². The largest absolute Gasteiger partial charge is 0.330 e. The SMILES string of the molecule is C=CCC(CN)C1(C)CC(C)(C)CC(C)(C)C1.Cl. The van der Waals surface area contributed by atoms with E-state index in [9.17, 15) is 0 Å². The number of hydrogen-bond acceptors (Lipinski definition) is 1. The highest BCUT2D eigenvalue weighted by molar-refractivity contribution is 5.85. The third kappa shape index (κ3) is 4.28. The molecule has 0 radical (unpaired) electrons. The fourth-order valence-corrected chi connectivity index (χ4v) is 4.82. The number of halogens is 1. The molecule has 0 heterocycles. The van der Waals surface area contributed by atoms with Crippen molar-refractivity contribution in [3.05, 3.63) is 12.7 Å². The van der Waals surface area contributed by atoms with Gasteiger partial charge in [-0.15, -0.1) is 19.0 Å². The molecule has 0 bridgehead atoms. The van der Waals surface area contributed by atoms with Crippen LogP contribution in [0.1, 0.15) is 60.3 Å². The van der Waals surface area contributed by atoms with Gasteiger partial charge in [0.25, 0.3) is 0 Å². The van der Waals surface area contributed by atoms with Gasteiger partial charge in [0.05, 0.1) is 0 Å². The Morgan fingerprint density at radius 1 is 1.06 bits per heavy atom. The molecule has 1 unspecified atom stereocenters. The summed E-state index contributed by atoms with van der Waals surface area (Å²) in [4.78, 5) is 0. The molecule has 0 aromatic heterocycles. The van der Waals surface area contributed by atoms with Gasteiger partial charge in [0.1, 0.15) is 0 Å². The van der Waals surface area contributed by atoms with Gasteiger partial charge in [0, 0.05) is 0 Å². The van der Waals surface area contributed by atoms with Gasteiger partial charge >= 0.3 is 0 Å². The van der Waals surface area contributed by atoms with E-state index >= 15 is 0 Å². The zero-order valence-corrected chi connectivity index (χ0v) is 13.7. The Balaban J connectivity index is 0.00000289. The van der Waals surface area contributed by atoms with Crippen LogP contribution in [-0.2, 0) is 0 Å². The second kappa shape index (κ2) is 5.96. The van der Waals surface area contributed by atoms with Crippen LogP contribution in [0.25, 0.3) is 0 Å². The molecule has 18 heavy (non-hydrogen) atoms. The van der Waals surface area contributed by atoms with Crippen molar-refractivity contribution < 1.29 is 0 Å². The molecule has 1 atom stereocenters. The fraction of sp³-hybridized carbons (Fsp3) is 0.875. The Bertz CT molecular complexity index is 265. The molecule has 0 spiro atoms. The lowest BCUT2D eigenvalue weighted by Crippen LogP contribution is -2.45. The molecule has 2 N–H and O–H groups in total. The Morgan fingerprint density at radius 3 is 1.83 bits per heavy atom. The predicted octanol–water partition coefficient (Wildman–Crippen LogP) is 4.80. The van der Waals surface area contributed by atoms with Gasteiger partial charge < -0.3 is 5.73 Å². The first-order valence-corrected chi connectivity index (χ1v) is 6.95.